The first-order chi connectivity index (χ1) is 7.19. The van der Waals surface area contributed by atoms with Crippen LogP contribution >= 0.6 is 12.8 Å². The first kappa shape index (κ1) is 10.2. The third-order valence-electron chi connectivity index (χ3n) is 2.37. The first-order valence-electron chi connectivity index (χ1n) is 4.51. The van der Waals surface area contributed by atoms with Crippen LogP contribution in [-0.4, -0.2) is 15.2 Å². The number of carbonyl (C=O) groups excluding carboxylic acids is 1. The Balaban J connectivity index is 2.94. The molecule has 2 aromatic heterocycles. The largest absolute Gasteiger partial charge is 0.298 e. The standard InChI is InChI=1S/C10H9FN2OS/c1-2-6-4-13(15)10-9(6)7(5-14)8(11)3-12-10/h3-5,15H,2H2,1H3. The van der Waals surface area contributed by atoms with Crippen molar-refractivity contribution >= 4 is 30.1 Å². The molecule has 0 saturated heterocycles. The van der Waals surface area contributed by atoms with Gasteiger partial charge in [-0.15, -0.1) is 0 Å². The number of pyridine rings is 1. The molecule has 0 aliphatic carbocycles. The zero-order valence-corrected chi connectivity index (χ0v) is 8.96. The minimum Gasteiger partial charge on any atom is -0.298 e. The SMILES string of the molecule is CCc1cn(S)c2ncc(F)c(C=O)c12. The maximum absolute atomic E-state index is 13.3. The molecule has 0 radical (unpaired) electrons. The van der Waals surface area contributed by atoms with E-state index in [1.165, 1.54) is 3.97 Å². The number of carbonyl (C=O) groups is 1. The maximum Gasteiger partial charge on any atom is 0.153 e. The van der Waals surface area contributed by atoms with Gasteiger partial charge in [-0.25, -0.2) is 9.37 Å². The highest BCUT2D eigenvalue weighted by atomic mass is 32.1. The minimum atomic E-state index is -0.591. The van der Waals surface area contributed by atoms with Crippen molar-refractivity contribution in [3.8, 4) is 0 Å². The van der Waals surface area contributed by atoms with Crippen molar-refractivity contribution in [2.24, 2.45) is 0 Å². The van der Waals surface area contributed by atoms with Crippen LogP contribution in [0.3, 0.4) is 0 Å². The first-order valence-corrected chi connectivity index (χ1v) is 4.91. The van der Waals surface area contributed by atoms with Crippen LogP contribution in [0.2, 0.25) is 0 Å². The summed E-state index contributed by atoms with van der Waals surface area (Å²) in [5.74, 6) is -0.591. The summed E-state index contributed by atoms with van der Waals surface area (Å²) in [6, 6.07) is 0. The van der Waals surface area contributed by atoms with Crippen molar-refractivity contribution in [3.63, 3.8) is 0 Å². The van der Waals surface area contributed by atoms with Gasteiger partial charge in [0.2, 0.25) is 0 Å². The fourth-order valence-corrected chi connectivity index (χ4v) is 1.93. The molecule has 0 fully saturated rings. The van der Waals surface area contributed by atoms with E-state index in [9.17, 15) is 9.18 Å². The second kappa shape index (κ2) is 3.66. The summed E-state index contributed by atoms with van der Waals surface area (Å²) in [5, 5.41) is 0.558. The van der Waals surface area contributed by atoms with Gasteiger partial charge in [-0.3, -0.25) is 8.77 Å². The molecule has 0 bridgehead atoms. The fourth-order valence-electron chi connectivity index (χ4n) is 1.64. The molecule has 0 saturated carbocycles. The van der Waals surface area contributed by atoms with Crippen LogP contribution in [0, 0.1) is 5.82 Å². The molecule has 0 atom stereocenters. The van der Waals surface area contributed by atoms with E-state index in [1.54, 1.807) is 6.20 Å². The molecule has 0 spiro atoms. The summed E-state index contributed by atoms with van der Waals surface area (Å²) < 4.78 is 14.8. The zero-order valence-electron chi connectivity index (χ0n) is 8.07. The van der Waals surface area contributed by atoms with E-state index in [1.807, 2.05) is 6.92 Å². The van der Waals surface area contributed by atoms with Crippen LogP contribution in [0.5, 0.6) is 0 Å². The number of aryl methyl sites for hydroxylation is 1. The summed E-state index contributed by atoms with van der Waals surface area (Å²) >= 11 is 4.16. The Labute approximate surface area is 91.5 Å². The second-order valence-corrected chi connectivity index (χ2v) is 3.62. The Morgan fingerprint density at radius 2 is 2.40 bits per heavy atom. The van der Waals surface area contributed by atoms with Gasteiger partial charge in [0, 0.05) is 11.6 Å². The molecule has 0 aliphatic heterocycles. The number of hydrogen-bond donors (Lipinski definition) is 1. The third-order valence-corrected chi connectivity index (χ3v) is 2.67. The number of nitrogens with zero attached hydrogens (tertiary/aromatic N) is 2. The van der Waals surface area contributed by atoms with E-state index in [0.29, 0.717) is 23.7 Å². The van der Waals surface area contributed by atoms with Gasteiger partial charge in [0.25, 0.3) is 0 Å². The molecule has 2 rings (SSSR count). The van der Waals surface area contributed by atoms with Gasteiger partial charge in [-0.2, -0.15) is 0 Å². The second-order valence-electron chi connectivity index (χ2n) is 3.19. The lowest BCUT2D eigenvalue weighted by Gasteiger charge is -1.99. The quantitative estimate of drug-likeness (QED) is 0.627. The van der Waals surface area contributed by atoms with Gasteiger partial charge < -0.3 is 0 Å². The Kier molecular flexibility index (Phi) is 2.48. The molecule has 2 heterocycles. The Bertz CT molecular complexity index is 536. The number of aldehydes is 1. The lowest BCUT2D eigenvalue weighted by atomic mass is 10.1. The minimum absolute atomic E-state index is 0.0599. The number of halogens is 1. The molecule has 0 aliphatic rings. The highest BCUT2D eigenvalue weighted by Gasteiger charge is 2.14. The van der Waals surface area contributed by atoms with Gasteiger partial charge >= 0.3 is 0 Å². The molecule has 0 aromatic carbocycles. The van der Waals surface area contributed by atoms with Gasteiger partial charge in [-0.1, -0.05) is 19.7 Å². The van der Waals surface area contributed by atoms with Crippen LogP contribution in [0.4, 0.5) is 4.39 Å². The predicted molar refractivity (Wildman–Crippen MR) is 58.8 cm³/mol. The number of rotatable bonds is 2. The van der Waals surface area contributed by atoms with E-state index in [0.717, 1.165) is 11.8 Å². The topological polar surface area (TPSA) is 34.9 Å². The monoisotopic (exact) mass is 224 g/mol. The van der Waals surface area contributed by atoms with Crippen LogP contribution in [-0.2, 0) is 6.42 Å². The lowest BCUT2D eigenvalue weighted by Crippen LogP contribution is -1.93. The molecule has 0 unspecified atom stereocenters. The van der Waals surface area contributed by atoms with Crippen molar-refractivity contribution in [3.05, 3.63) is 29.3 Å². The molecule has 78 valence electrons. The van der Waals surface area contributed by atoms with Crippen molar-refractivity contribution < 1.29 is 9.18 Å². The maximum atomic E-state index is 13.3. The van der Waals surface area contributed by atoms with Crippen molar-refractivity contribution in [1.82, 2.24) is 8.96 Å². The van der Waals surface area contributed by atoms with Crippen LogP contribution in [0.25, 0.3) is 11.0 Å². The lowest BCUT2D eigenvalue weighted by molar-refractivity contribution is 0.112. The Morgan fingerprint density at radius 3 is 3.00 bits per heavy atom. The Hall–Kier alpha value is -1.36. The summed E-state index contributed by atoms with van der Waals surface area (Å²) in [6.45, 7) is 1.93. The smallest absolute Gasteiger partial charge is 0.153 e. The van der Waals surface area contributed by atoms with Crippen molar-refractivity contribution in [2.75, 3.05) is 0 Å². The van der Waals surface area contributed by atoms with Gasteiger partial charge in [0.15, 0.2) is 17.8 Å². The highest BCUT2D eigenvalue weighted by Crippen LogP contribution is 2.25. The highest BCUT2D eigenvalue weighted by molar-refractivity contribution is 7.78. The van der Waals surface area contributed by atoms with E-state index >= 15 is 0 Å². The molecule has 2 aromatic rings. The summed E-state index contributed by atoms with van der Waals surface area (Å²) in [7, 11) is 0. The molecule has 3 nitrogen and oxygen atoms in total. The predicted octanol–water partition coefficient (Wildman–Crippen LogP) is 2.24. The third kappa shape index (κ3) is 1.43. The van der Waals surface area contributed by atoms with E-state index in [-0.39, 0.29) is 5.56 Å². The van der Waals surface area contributed by atoms with Crippen LogP contribution in [0.15, 0.2) is 12.4 Å². The zero-order chi connectivity index (χ0) is 11.0. The summed E-state index contributed by atoms with van der Waals surface area (Å²) in [5.41, 5.74) is 1.44. The fraction of sp³-hybridized carbons (Fsp3) is 0.200. The summed E-state index contributed by atoms with van der Waals surface area (Å²) in [6.07, 6.45) is 4.01. The average molecular weight is 224 g/mol. The molecular formula is C10H9FN2OS. The molecule has 15 heavy (non-hydrogen) atoms. The molecule has 5 heteroatoms. The number of thiol groups is 1. The van der Waals surface area contributed by atoms with Crippen LogP contribution < -0.4 is 0 Å². The normalized spacial score (nSPS) is 10.9. The average Bonchev–Trinajstić information content (AvgIpc) is 2.55. The molecule has 0 amide bonds. The van der Waals surface area contributed by atoms with Crippen molar-refractivity contribution in [1.29, 1.82) is 0 Å². The van der Waals surface area contributed by atoms with Crippen LogP contribution in [0.1, 0.15) is 22.8 Å². The van der Waals surface area contributed by atoms with Gasteiger partial charge in [0.05, 0.1) is 11.8 Å². The Morgan fingerprint density at radius 1 is 1.67 bits per heavy atom. The molecular weight excluding hydrogens is 215 g/mol. The van der Waals surface area contributed by atoms with Gasteiger partial charge in [0.1, 0.15) is 0 Å². The van der Waals surface area contributed by atoms with E-state index in [4.69, 9.17) is 0 Å². The number of hydrogen-bond acceptors (Lipinski definition) is 3. The number of fused-ring (bicyclic) bond motifs is 1. The van der Waals surface area contributed by atoms with E-state index in [2.05, 4.69) is 17.8 Å². The van der Waals surface area contributed by atoms with E-state index < -0.39 is 5.82 Å². The molecule has 0 N–H and O–H groups in total. The van der Waals surface area contributed by atoms with Gasteiger partial charge in [-0.05, 0) is 12.0 Å². The number of aromatic nitrogens is 2. The summed E-state index contributed by atoms with van der Waals surface area (Å²) in [4.78, 5) is 14.7. The van der Waals surface area contributed by atoms with Crippen molar-refractivity contribution in [2.45, 2.75) is 13.3 Å².